The van der Waals surface area contributed by atoms with Crippen LogP contribution in [0, 0.1) is 0 Å². The van der Waals surface area contributed by atoms with Crippen molar-refractivity contribution in [3.8, 4) is 22.6 Å². The van der Waals surface area contributed by atoms with Gasteiger partial charge < -0.3 is 25.0 Å². The second-order valence-electron chi connectivity index (χ2n) is 8.53. The fourth-order valence-electron chi connectivity index (χ4n) is 3.83. The van der Waals surface area contributed by atoms with Crippen molar-refractivity contribution in [2.45, 2.75) is 38.0 Å². The quantitative estimate of drug-likeness (QED) is 0.666. The molecule has 194 valence electrons. The Labute approximate surface area is 206 Å². The van der Waals surface area contributed by atoms with Crippen LogP contribution in [0.3, 0.4) is 0 Å². The molecule has 0 aliphatic carbocycles. The van der Waals surface area contributed by atoms with E-state index < -0.39 is 42.5 Å². The van der Waals surface area contributed by atoms with Gasteiger partial charge in [0, 0.05) is 24.6 Å². The van der Waals surface area contributed by atoms with Gasteiger partial charge in [0.15, 0.2) is 0 Å². The second-order valence-corrected chi connectivity index (χ2v) is 8.53. The molecule has 0 fully saturated rings. The van der Waals surface area contributed by atoms with Gasteiger partial charge in [0.1, 0.15) is 30.7 Å². The number of hydrogen-bond acceptors (Lipinski definition) is 5. The highest BCUT2D eigenvalue weighted by atomic mass is 19.4. The lowest BCUT2D eigenvalue weighted by Crippen LogP contribution is -2.50. The molecule has 2 bridgehead atoms. The summed E-state index contributed by atoms with van der Waals surface area (Å²) in [6, 6.07) is 10.1. The Kier molecular flexibility index (Phi) is 8.44. The monoisotopic (exact) mass is 507 g/mol. The Balaban J connectivity index is 2.02. The molecule has 2 aromatic carbocycles. The van der Waals surface area contributed by atoms with E-state index in [4.69, 9.17) is 9.47 Å². The average molecular weight is 508 g/mol. The van der Waals surface area contributed by atoms with Crippen LogP contribution in [0.2, 0.25) is 0 Å². The molecule has 36 heavy (non-hydrogen) atoms. The van der Waals surface area contributed by atoms with Gasteiger partial charge >= 0.3 is 6.18 Å². The smallest absolute Gasteiger partial charge is 0.405 e. The van der Waals surface area contributed by atoms with Crippen LogP contribution in [0.1, 0.15) is 30.1 Å². The first-order valence-electron chi connectivity index (χ1n) is 11.3. The van der Waals surface area contributed by atoms with Crippen LogP contribution in [0.5, 0.6) is 11.5 Å². The maximum Gasteiger partial charge on any atom is 0.405 e. The predicted molar refractivity (Wildman–Crippen MR) is 126 cm³/mol. The maximum absolute atomic E-state index is 13.3. The topological polar surface area (TPSA) is 97.0 Å². The highest BCUT2D eigenvalue weighted by molar-refractivity contribution is 5.98. The number of carbonyl (C=O) groups is 3. The number of halogens is 3. The zero-order valence-corrected chi connectivity index (χ0v) is 20.1. The van der Waals surface area contributed by atoms with E-state index in [0.29, 0.717) is 22.6 Å². The van der Waals surface area contributed by atoms with Crippen LogP contribution in [0.25, 0.3) is 11.1 Å². The molecule has 0 unspecified atom stereocenters. The summed E-state index contributed by atoms with van der Waals surface area (Å²) in [6.07, 6.45) is -4.96. The van der Waals surface area contributed by atoms with E-state index in [1.807, 2.05) is 5.32 Å². The molecular formula is C25H28F3N3O5. The molecule has 0 aromatic heterocycles. The molecule has 3 rings (SSSR count). The van der Waals surface area contributed by atoms with E-state index >= 15 is 0 Å². The third-order valence-electron chi connectivity index (χ3n) is 5.70. The van der Waals surface area contributed by atoms with Crippen LogP contribution >= 0.6 is 0 Å². The summed E-state index contributed by atoms with van der Waals surface area (Å²) in [5.74, 6) is -0.937. The number of methoxy groups -OCH3 is 1. The van der Waals surface area contributed by atoms with Gasteiger partial charge in [-0.25, -0.2) is 0 Å². The summed E-state index contributed by atoms with van der Waals surface area (Å²) in [6.45, 7) is 0.334. The number of nitrogens with zero attached hydrogens (tertiary/aromatic N) is 1. The van der Waals surface area contributed by atoms with Crippen molar-refractivity contribution in [3.05, 3.63) is 48.0 Å². The molecule has 0 saturated carbocycles. The number of ether oxygens (including phenoxy) is 2. The zero-order chi connectivity index (χ0) is 26.5. The van der Waals surface area contributed by atoms with E-state index in [1.54, 1.807) is 49.4 Å². The lowest BCUT2D eigenvalue weighted by atomic mass is 10.0. The van der Waals surface area contributed by atoms with Crippen LogP contribution < -0.4 is 20.1 Å². The largest absolute Gasteiger partial charge is 0.497 e. The van der Waals surface area contributed by atoms with Crippen molar-refractivity contribution in [2.75, 3.05) is 27.3 Å². The van der Waals surface area contributed by atoms with Crippen molar-refractivity contribution < 1.29 is 37.0 Å². The van der Waals surface area contributed by atoms with Crippen LogP contribution in [0.4, 0.5) is 13.2 Å². The normalized spacial score (nSPS) is 19.2. The number of hydrogen-bond donors (Lipinski definition) is 2. The van der Waals surface area contributed by atoms with Crippen molar-refractivity contribution >= 4 is 17.7 Å². The van der Waals surface area contributed by atoms with Crippen molar-refractivity contribution in [1.82, 2.24) is 15.5 Å². The fraction of sp³-hybridized carbons (Fsp3) is 0.400. The van der Waals surface area contributed by atoms with E-state index in [0.717, 1.165) is 4.90 Å². The lowest BCUT2D eigenvalue weighted by molar-refractivity contribution is -0.141. The molecule has 1 aliphatic rings. The van der Waals surface area contributed by atoms with Gasteiger partial charge in [0.05, 0.1) is 13.2 Å². The molecular weight excluding hydrogens is 479 g/mol. The first-order valence-corrected chi connectivity index (χ1v) is 11.3. The number of rotatable bonds is 3. The van der Waals surface area contributed by atoms with Gasteiger partial charge in [-0.2, -0.15) is 13.2 Å². The molecule has 11 heteroatoms. The summed E-state index contributed by atoms with van der Waals surface area (Å²) in [5, 5.41) is 4.57. The minimum absolute atomic E-state index is 0.138. The van der Waals surface area contributed by atoms with E-state index in [-0.39, 0.29) is 25.0 Å². The molecule has 0 radical (unpaired) electrons. The predicted octanol–water partition coefficient (Wildman–Crippen LogP) is 3.16. The SMILES string of the molecule is COc1ccc2c(c1)-c1cccc(c1)C(=O)N(C)[C@H](C(=O)NCC(F)(F)F)CCC(=O)N[C@H](C)CO2. The Morgan fingerprint density at radius 2 is 1.92 bits per heavy atom. The van der Waals surface area contributed by atoms with Crippen LogP contribution in [0.15, 0.2) is 42.5 Å². The van der Waals surface area contributed by atoms with Gasteiger partial charge in [0.25, 0.3) is 5.91 Å². The van der Waals surface area contributed by atoms with Crippen molar-refractivity contribution in [2.24, 2.45) is 0 Å². The Hall–Kier alpha value is -3.76. The zero-order valence-electron chi connectivity index (χ0n) is 20.1. The molecule has 3 amide bonds. The molecule has 0 saturated heterocycles. The number of benzene rings is 2. The Morgan fingerprint density at radius 1 is 1.19 bits per heavy atom. The van der Waals surface area contributed by atoms with Crippen molar-refractivity contribution in [3.63, 3.8) is 0 Å². The van der Waals surface area contributed by atoms with E-state index in [9.17, 15) is 27.6 Å². The first-order chi connectivity index (χ1) is 17.0. The maximum atomic E-state index is 13.3. The summed E-state index contributed by atoms with van der Waals surface area (Å²) >= 11 is 0. The summed E-state index contributed by atoms with van der Waals surface area (Å²) in [7, 11) is 2.84. The Bertz CT molecular complexity index is 1120. The highest BCUT2D eigenvalue weighted by Gasteiger charge is 2.33. The van der Waals surface area contributed by atoms with Gasteiger partial charge in [-0.15, -0.1) is 0 Å². The van der Waals surface area contributed by atoms with Crippen LogP contribution in [-0.4, -0.2) is 68.2 Å². The fourth-order valence-corrected chi connectivity index (χ4v) is 3.83. The minimum atomic E-state index is -4.62. The number of fused-ring (bicyclic) bond motifs is 4. The third kappa shape index (κ3) is 6.89. The summed E-state index contributed by atoms with van der Waals surface area (Å²) in [4.78, 5) is 39.5. The molecule has 1 heterocycles. The summed E-state index contributed by atoms with van der Waals surface area (Å²) in [5.41, 5.74) is 1.48. The molecule has 1 aliphatic heterocycles. The van der Waals surface area contributed by atoms with E-state index in [2.05, 4.69) is 5.32 Å². The van der Waals surface area contributed by atoms with Gasteiger partial charge in [-0.05, 0) is 49.2 Å². The standard InChI is InChI=1S/C25H28F3N3O5/c1-15-13-36-21-9-7-18(35-3)12-19(21)16-5-4-6-17(11-16)24(34)31(2)20(8-10-22(32)30-15)23(33)29-14-25(26,27)28/h4-7,9,11-12,15,20H,8,10,13-14H2,1-3H3,(H,29,33)(H,30,32)/t15-,20+/m1/s1. The Morgan fingerprint density at radius 3 is 2.61 bits per heavy atom. The second kappa shape index (κ2) is 11.3. The number of carbonyl (C=O) groups excluding carboxylic acids is 3. The number of amides is 3. The number of nitrogens with one attached hydrogen (secondary N) is 2. The van der Waals surface area contributed by atoms with Gasteiger partial charge in [0.2, 0.25) is 11.8 Å². The van der Waals surface area contributed by atoms with Gasteiger partial charge in [-0.3, -0.25) is 14.4 Å². The minimum Gasteiger partial charge on any atom is -0.497 e. The molecule has 0 spiro atoms. The third-order valence-corrected chi connectivity index (χ3v) is 5.70. The molecule has 8 nitrogen and oxygen atoms in total. The molecule has 2 atom stereocenters. The number of alkyl halides is 3. The lowest BCUT2D eigenvalue weighted by Gasteiger charge is -2.28. The van der Waals surface area contributed by atoms with E-state index in [1.165, 1.54) is 14.2 Å². The molecule has 2 aromatic rings. The number of likely N-dealkylation sites (N-methyl/N-ethyl adjacent to an activating group) is 1. The first kappa shape index (κ1) is 26.8. The summed E-state index contributed by atoms with van der Waals surface area (Å²) < 4.78 is 49.3. The van der Waals surface area contributed by atoms with Crippen molar-refractivity contribution in [1.29, 1.82) is 0 Å². The highest BCUT2D eigenvalue weighted by Crippen LogP contribution is 2.34. The molecule has 2 N–H and O–H groups in total. The average Bonchev–Trinajstić information content (AvgIpc) is 2.84. The van der Waals surface area contributed by atoms with Gasteiger partial charge in [-0.1, -0.05) is 12.1 Å². The van der Waals surface area contributed by atoms with Crippen LogP contribution in [-0.2, 0) is 9.59 Å².